The fraction of sp³-hybridized carbons (Fsp3) is 0.800. The van der Waals surface area contributed by atoms with Crippen molar-refractivity contribution in [3.05, 3.63) is 0 Å². The average Bonchev–Trinajstić information content (AvgIpc) is 1.68. The van der Waals surface area contributed by atoms with Gasteiger partial charge in [0.25, 0.3) is 0 Å². The minimum Gasteiger partial charge on any atom is -0.349 e. The van der Waals surface area contributed by atoms with Gasteiger partial charge in [-0.25, -0.2) is 0 Å². The van der Waals surface area contributed by atoms with Crippen LogP contribution >= 0.6 is 0 Å². The Labute approximate surface area is 43.7 Å². The van der Waals surface area contributed by atoms with Gasteiger partial charge >= 0.3 is 0 Å². The van der Waals surface area contributed by atoms with Gasteiger partial charge < -0.3 is 5.73 Å². The zero-order valence-electron chi connectivity index (χ0n) is 4.68. The predicted molar refractivity (Wildman–Crippen MR) is 27.6 cm³/mol. The highest BCUT2D eigenvalue weighted by atomic mass is 16.1. The molecule has 42 valence electrons. The summed E-state index contributed by atoms with van der Waals surface area (Å²) in [5.74, 6) is 0. The van der Waals surface area contributed by atoms with E-state index in [0.717, 1.165) is 19.1 Å². The van der Waals surface area contributed by atoms with Gasteiger partial charge in [-0.2, -0.15) is 0 Å². The normalized spacial score (nSPS) is 13.4. The Bertz CT molecular complexity index is 54.0. The number of rotatable bonds is 3. The highest BCUT2D eigenvalue weighted by Gasteiger charge is 1.97. The molecule has 0 saturated heterocycles. The smallest absolute Gasteiger partial charge is 0.177 e. The van der Waals surface area contributed by atoms with E-state index in [1.807, 2.05) is 6.92 Å². The molecule has 0 aliphatic heterocycles. The quantitative estimate of drug-likeness (QED) is 0.484. The summed E-state index contributed by atoms with van der Waals surface area (Å²) < 4.78 is 0. The van der Waals surface area contributed by atoms with Gasteiger partial charge in [0.2, 0.25) is 0 Å². The average molecular weight is 102 g/mol. The van der Waals surface area contributed by atoms with Crippen molar-refractivity contribution in [2.45, 2.75) is 25.8 Å². The molecule has 0 aliphatic rings. The van der Waals surface area contributed by atoms with E-state index in [9.17, 15) is 4.79 Å². The zero-order valence-corrected chi connectivity index (χ0v) is 4.68. The zero-order chi connectivity index (χ0) is 5.70. The Kier molecular flexibility index (Phi) is 3.61. The third kappa shape index (κ3) is 3.46. The van der Waals surface area contributed by atoms with Crippen molar-refractivity contribution >= 4 is 6.29 Å². The first-order valence-corrected chi connectivity index (χ1v) is 2.59. The number of hydrogen-bond acceptors (Lipinski definition) is 1. The second kappa shape index (κ2) is 3.81. The van der Waals surface area contributed by atoms with E-state index < -0.39 is 0 Å². The Morgan fingerprint density at radius 1 is 1.86 bits per heavy atom. The summed E-state index contributed by atoms with van der Waals surface area (Å²) >= 11 is 0. The lowest BCUT2D eigenvalue weighted by Gasteiger charge is -1.91. The van der Waals surface area contributed by atoms with Gasteiger partial charge in [0.05, 0.1) is 0 Å². The molecule has 0 saturated carbocycles. The number of carbonyl (C=O) groups is 1. The summed E-state index contributed by atoms with van der Waals surface area (Å²) in [5.41, 5.74) is 3.58. The third-order valence-electron chi connectivity index (χ3n) is 0.852. The number of carbonyl (C=O) groups excluding carboxylic acids is 1. The van der Waals surface area contributed by atoms with Crippen molar-refractivity contribution < 1.29 is 10.5 Å². The molecule has 0 radical (unpaired) electrons. The fourth-order valence-electron chi connectivity index (χ4n) is 0.439. The van der Waals surface area contributed by atoms with Crippen molar-refractivity contribution in [1.82, 2.24) is 0 Å². The van der Waals surface area contributed by atoms with Crippen LogP contribution in [0.1, 0.15) is 19.8 Å². The molecule has 3 N–H and O–H groups in total. The first-order valence-electron chi connectivity index (χ1n) is 2.59. The molecule has 0 bridgehead atoms. The first-order chi connectivity index (χ1) is 3.31. The molecule has 0 heterocycles. The Hall–Kier alpha value is -0.370. The van der Waals surface area contributed by atoms with Gasteiger partial charge in [0, 0.05) is 6.42 Å². The van der Waals surface area contributed by atoms with Crippen LogP contribution in [0.4, 0.5) is 0 Å². The van der Waals surface area contributed by atoms with Crippen LogP contribution in [0.5, 0.6) is 0 Å². The van der Waals surface area contributed by atoms with E-state index in [2.05, 4.69) is 5.73 Å². The third-order valence-corrected chi connectivity index (χ3v) is 0.852. The van der Waals surface area contributed by atoms with Gasteiger partial charge in [0.15, 0.2) is 6.29 Å². The molecule has 0 fully saturated rings. The van der Waals surface area contributed by atoms with Crippen molar-refractivity contribution in [3.63, 3.8) is 0 Å². The van der Waals surface area contributed by atoms with Crippen LogP contribution in [-0.4, -0.2) is 12.3 Å². The SMILES string of the molecule is CCCC([NH3+])C=O. The van der Waals surface area contributed by atoms with Crippen LogP contribution in [0.15, 0.2) is 0 Å². The van der Waals surface area contributed by atoms with Crippen LogP contribution in [0.2, 0.25) is 0 Å². The topological polar surface area (TPSA) is 44.7 Å². The molecule has 0 spiro atoms. The van der Waals surface area contributed by atoms with E-state index in [1.165, 1.54) is 0 Å². The molecule has 0 rings (SSSR count). The summed E-state index contributed by atoms with van der Waals surface area (Å²) in [7, 11) is 0. The van der Waals surface area contributed by atoms with Crippen molar-refractivity contribution in [3.8, 4) is 0 Å². The second-order valence-electron chi connectivity index (χ2n) is 1.68. The molecule has 0 aliphatic carbocycles. The minimum absolute atomic E-state index is 0.0185. The van der Waals surface area contributed by atoms with Gasteiger partial charge in [0.1, 0.15) is 6.04 Å². The maximum Gasteiger partial charge on any atom is 0.177 e. The Balaban J connectivity index is 2.98. The molecule has 0 amide bonds. The lowest BCUT2D eigenvalue weighted by molar-refractivity contribution is -0.401. The summed E-state index contributed by atoms with van der Waals surface area (Å²) in [4.78, 5) is 9.83. The van der Waals surface area contributed by atoms with E-state index in [-0.39, 0.29) is 6.04 Å². The van der Waals surface area contributed by atoms with E-state index >= 15 is 0 Å². The summed E-state index contributed by atoms with van der Waals surface area (Å²) in [6, 6.07) is 0.0185. The number of quaternary nitrogens is 1. The number of aldehydes is 1. The van der Waals surface area contributed by atoms with Crippen molar-refractivity contribution in [1.29, 1.82) is 0 Å². The second-order valence-corrected chi connectivity index (χ2v) is 1.68. The van der Waals surface area contributed by atoms with E-state index in [4.69, 9.17) is 0 Å². The van der Waals surface area contributed by atoms with Gasteiger partial charge in [-0.3, -0.25) is 4.79 Å². The summed E-state index contributed by atoms with van der Waals surface area (Å²) in [6.45, 7) is 2.04. The van der Waals surface area contributed by atoms with Crippen LogP contribution in [0.3, 0.4) is 0 Å². The highest BCUT2D eigenvalue weighted by Crippen LogP contribution is 1.85. The Morgan fingerprint density at radius 2 is 2.43 bits per heavy atom. The van der Waals surface area contributed by atoms with Gasteiger partial charge in [-0.1, -0.05) is 13.3 Å². The largest absolute Gasteiger partial charge is 0.349 e. The standard InChI is InChI=1S/C5H11NO/c1-2-3-5(6)4-7/h4-5H,2-3,6H2,1H3/p+1. The summed E-state index contributed by atoms with van der Waals surface area (Å²) in [6.07, 6.45) is 2.86. The highest BCUT2D eigenvalue weighted by molar-refractivity contribution is 5.54. The monoisotopic (exact) mass is 102 g/mol. The van der Waals surface area contributed by atoms with Crippen LogP contribution in [0, 0.1) is 0 Å². The lowest BCUT2D eigenvalue weighted by atomic mass is 10.2. The molecular weight excluding hydrogens is 90.1 g/mol. The molecule has 0 aromatic heterocycles. The predicted octanol–water partition coefficient (Wildman–Crippen LogP) is -0.404. The van der Waals surface area contributed by atoms with Crippen molar-refractivity contribution in [2.75, 3.05) is 0 Å². The molecule has 1 unspecified atom stereocenters. The first kappa shape index (κ1) is 6.63. The van der Waals surface area contributed by atoms with Gasteiger partial charge in [-0.15, -0.1) is 0 Å². The maximum absolute atomic E-state index is 9.83. The van der Waals surface area contributed by atoms with Crippen molar-refractivity contribution in [2.24, 2.45) is 0 Å². The van der Waals surface area contributed by atoms with Crippen LogP contribution < -0.4 is 5.73 Å². The van der Waals surface area contributed by atoms with Crippen LogP contribution in [0.25, 0.3) is 0 Å². The molecule has 2 heteroatoms. The number of hydrogen-bond donors (Lipinski definition) is 1. The molecule has 0 aromatic rings. The van der Waals surface area contributed by atoms with Crippen LogP contribution in [-0.2, 0) is 4.79 Å². The molecule has 2 nitrogen and oxygen atoms in total. The molecule has 1 atom stereocenters. The summed E-state index contributed by atoms with van der Waals surface area (Å²) in [5, 5.41) is 0. The minimum atomic E-state index is 0.0185. The Morgan fingerprint density at radius 3 is 2.57 bits per heavy atom. The molecular formula is C5H12NO+. The lowest BCUT2D eigenvalue weighted by Crippen LogP contribution is -2.61. The maximum atomic E-state index is 9.83. The van der Waals surface area contributed by atoms with E-state index in [1.54, 1.807) is 0 Å². The molecule has 7 heavy (non-hydrogen) atoms. The fourth-order valence-corrected chi connectivity index (χ4v) is 0.439. The molecule has 0 aromatic carbocycles. The van der Waals surface area contributed by atoms with Gasteiger partial charge in [-0.05, 0) is 0 Å². The van der Waals surface area contributed by atoms with E-state index in [0.29, 0.717) is 0 Å².